The van der Waals surface area contributed by atoms with Gasteiger partial charge in [0.25, 0.3) is 0 Å². The van der Waals surface area contributed by atoms with Gasteiger partial charge in [0, 0.05) is 12.6 Å². The summed E-state index contributed by atoms with van der Waals surface area (Å²) in [6.07, 6.45) is 2.22. The van der Waals surface area contributed by atoms with Gasteiger partial charge in [0.2, 0.25) is 0 Å². The van der Waals surface area contributed by atoms with Gasteiger partial charge in [0.05, 0.1) is 5.52 Å². The number of aromatic nitrogens is 3. The number of benzene rings is 1. The van der Waals surface area contributed by atoms with Crippen LogP contribution in [0, 0.1) is 12.7 Å². The first kappa shape index (κ1) is 10.9. The molecule has 1 aromatic carbocycles. The van der Waals surface area contributed by atoms with Gasteiger partial charge in [-0.1, -0.05) is 18.2 Å². The molecule has 0 bridgehead atoms. The molecule has 0 aliphatic rings. The number of rotatable bonds is 2. The number of fused-ring (bicyclic) bond motifs is 1. The molecule has 3 rings (SSSR count). The molecule has 3 nitrogen and oxygen atoms in total. The van der Waals surface area contributed by atoms with Crippen LogP contribution in [0.4, 0.5) is 4.39 Å². The number of hydrogen-bond donors (Lipinski definition) is 1. The molecular formula is C14H12FN3. The van der Waals surface area contributed by atoms with Crippen molar-refractivity contribution in [2.24, 2.45) is 0 Å². The molecule has 2 aromatic heterocycles. The van der Waals surface area contributed by atoms with Crippen molar-refractivity contribution in [3.63, 3.8) is 0 Å². The lowest BCUT2D eigenvalue weighted by Crippen LogP contribution is -1.93. The molecule has 90 valence electrons. The molecule has 3 aromatic rings. The molecule has 2 heterocycles. The Balaban J connectivity index is 1.98. The Kier molecular flexibility index (Phi) is 2.55. The molecule has 0 saturated carbocycles. The zero-order valence-electron chi connectivity index (χ0n) is 9.94. The van der Waals surface area contributed by atoms with Gasteiger partial charge in [0.1, 0.15) is 11.6 Å². The van der Waals surface area contributed by atoms with Gasteiger partial charge in [-0.25, -0.2) is 14.4 Å². The molecule has 0 aliphatic carbocycles. The van der Waals surface area contributed by atoms with E-state index in [0.29, 0.717) is 17.6 Å². The Morgan fingerprint density at radius 1 is 1.28 bits per heavy atom. The van der Waals surface area contributed by atoms with E-state index in [4.69, 9.17) is 0 Å². The largest absolute Gasteiger partial charge is 0.340 e. The van der Waals surface area contributed by atoms with Gasteiger partial charge in [0.15, 0.2) is 5.65 Å². The fourth-order valence-electron chi connectivity index (χ4n) is 1.96. The fourth-order valence-corrected chi connectivity index (χ4v) is 1.96. The summed E-state index contributed by atoms with van der Waals surface area (Å²) in [5.74, 6) is 0.523. The van der Waals surface area contributed by atoms with Crippen molar-refractivity contribution in [1.29, 1.82) is 0 Å². The van der Waals surface area contributed by atoms with E-state index in [1.165, 1.54) is 6.07 Å². The number of hydrogen-bond acceptors (Lipinski definition) is 2. The molecule has 0 fully saturated rings. The van der Waals surface area contributed by atoms with Crippen molar-refractivity contribution >= 4 is 11.2 Å². The van der Waals surface area contributed by atoms with Crippen LogP contribution in [0.15, 0.2) is 36.5 Å². The van der Waals surface area contributed by atoms with Crippen molar-refractivity contribution in [1.82, 2.24) is 15.0 Å². The van der Waals surface area contributed by atoms with Gasteiger partial charge in [-0.3, -0.25) is 0 Å². The maximum absolute atomic E-state index is 13.5. The van der Waals surface area contributed by atoms with Crippen LogP contribution in [0.25, 0.3) is 11.2 Å². The second-order valence-corrected chi connectivity index (χ2v) is 4.34. The maximum Gasteiger partial charge on any atom is 0.177 e. The average molecular weight is 241 g/mol. The van der Waals surface area contributed by atoms with Crippen LogP contribution in [-0.2, 0) is 6.42 Å². The standard InChI is InChI=1S/C14H12FN3/c1-9-6-12-14(16-8-9)18-13(17-12)7-10-4-2-3-5-11(10)15/h2-6,8H,7H2,1H3,(H,16,17,18). The Hall–Kier alpha value is -2.23. The van der Waals surface area contributed by atoms with E-state index < -0.39 is 0 Å². The van der Waals surface area contributed by atoms with E-state index in [1.54, 1.807) is 18.3 Å². The zero-order valence-corrected chi connectivity index (χ0v) is 9.94. The van der Waals surface area contributed by atoms with Crippen LogP contribution in [0.2, 0.25) is 0 Å². The number of H-pyrrole nitrogens is 1. The quantitative estimate of drug-likeness (QED) is 0.749. The smallest absolute Gasteiger partial charge is 0.177 e. The van der Waals surface area contributed by atoms with E-state index in [0.717, 1.165) is 16.9 Å². The minimum Gasteiger partial charge on any atom is -0.340 e. The van der Waals surface area contributed by atoms with Gasteiger partial charge < -0.3 is 4.98 Å². The predicted molar refractivity (Wildman–Crippen MR) is 67.8 cm³/mol. The summed E-state index contributed by atoms with van der Waals surface area (Å²) >= 11 is 0. The van der Waals surface area contributed by atoms with Gasteiger partial charge in [-0.15, -0.1) is 0 Å². The van der Waals surface area contributed by atoms with Crippen LogP contribution in [0.5, 0.6) is 0 Å². The number of pyridine rings is 1. The lowest BCUT2D eigenvalue weighted by molar-refractivity contribution is 0.612. The third-order valence-electron chi connectivity index (χ3n) is 2.84. The molecular weight excluding hydrogens is 229 g/mol. The first-order valence-corrected chi connectivity index (χ1v) is 5.77. The lowest BCUT2D eigenvalue weighted by Gasteiger charge is -1.99. The van der Waals surface area contributed by atoms with E-state index in [1.807, 2.05) is 19.1 Å². The number of aryl methyl sites for hydroxylation is 1. The Bertz CT molecular complexity index is 703. The Morgan fingerprint density at radius 2 is 2.11 bits per heavy atom. The molecule has 0 saturated heterocycles. The van der Waals surface area contributed by atoms with Crippen LogP contribution < -0.4 is 0 Å². The highest BCUT2D eigenvalue weighted by Crippen LogP contribution is 2.15. The van der Waals surface area contributed by atoms with Crippen molar-refractivity contribution < 1.29 is 4.39 Å². The SMILES string of the molecule is Cc1cnc2nc(Cc3ccccc3F)[nH]c2c1. The maximum atomic E-state index is 13.5. The molecule has 1 N–H and O–H groups in total. The monoisotopic (exact) mass is 241 g/mol. The van der Waals surface area contributed by atoms with Crippen LogP contribution in [0.1, 0.15) is 17.0 Å². The summed E-state index contributed by atoms with van der Waals surface area (Å²) < 4.78 is 13.5. The minimum absolute atomic E-state index is 0.206. The molecule has 0 spiro atoms. The molecule has 0 unspecified atom stereocenters. The summed E-state index contributed by atoms with van der Waals surface area (Å²) in [4.78, 5) is 11.8. The molecule has 0 amide bonds. The molecule has 0 aliphatic heterocycles. The zero-order chi connectivity index (χ0) is 12.5. The van der Waals surface area contributed by atoms with Gasteiger partial charge in [-0.2, -0.15) is 0 Å². The van der Waals surface area contributed by atoms with Gasteiger partial charge >= 0.3 is 0 Å². The Labute approximate surface area is 104 Å². The number of halogens is 1. The third-order valence-corrected chi connectivity index (χ3v) is 2.84. The highest BCUT2D eigenvalue weighted by atomic mass is 19.1. The third kappa shape index (κ3) is 1.97. The van der Waals surface area contributed by atoms with E-state index >= 15 is 0 Å². The minimum atomic E-state index is -0.206. The Morgan fingerprint density at radius 3 is 2.94 bits per heavy atom. The van der Waals surface area contributed by atoms with Crippen molar-refractivity contribution in [2.45, 2.75) is 13.3 Å². The second kappa shape index (κ2) is 4.22. The summed E-state index contributed by atoms with van der Waals surface area (Å²) in [6.45, 7) is 1.98. The summed E-state index contributed by atoms with van der Waals surface area (Å²) in [6, 6.07) is 8.72. The molecule has 0 radical (unpaired) electrons. The lowest BCUT2D eigenvalue weighted by atomic mass is 10.1. The predicted octanol–water partition coefficient (Wildman–Crippen LogP) is 3.00. The average Bonchev–Trinajstić information content (AvgIpc) is 2.73. The summed E-state index contributed by atoms with van der Waals surface area (Å²) in [5, 5.41) is 0. The van der Waals surface area contributed by atoms with E-state index in [2.05, 4.69) is 15.0 Å². The molecule has 18 heavy (non-hydrogen) atoms. The normalized spacial score (nSPS) is 11.0. The van der Waals surface area contributed by atoms with E-state index in [9.17, 15) is 4.39 Å². The van der Waals surface area contributed by atoms with Crippen molar-refractivity contribution in [3.8, 4) is 0 Å². The summed E-state index contributed by atoms with van der Waals surface area (Å²) in [5.41, 5.74) is 3.27. The topological polar surface area (TPSA) is 41.6 Å². The second-order valence-electron chi connectivity index (χ2n) is 4.34. The molecule has 0 atom stereocenters. The number of imidazole rings is 1. The summed E-state index contributed by atoms with van der Waals surface area (Å²) in [7, 11) is 0. The van der Waals surface area contributed by atoms with Crippen molar-refractivity contribution in [2.75, 3.05) is 0 Å². The number of nitrogens with one attached hydrogen (secondary N) is 1. The van der Waals surface area contributed by atoms with E-state index in [-0.39, 0.29) is 5.82 Å². The van der Waals surface area contributed by atoms with Crippen LogP contribution in [0.3, 0.4) is 0 Å². The fraction of sp³-hybridized carbons (Fsp3) is 0.143. The van der Waals surface area contributed by atoms with Gasteiger partial charge in [-0.05, 0) is 30.2 Å². The van der Waals surface area contributed by atoms with Crippen LogP contribution in [-0.4, -0.2) is 15.0 Å². The first-order valence-electron chi connectivity index (χ1n) is 5.77. The first-order chi connectivity index (χ1) is 8.72. The van der Waals surface area contributed by atoms with Crippen LogP contribution >= 0.6 is 0 Å². The van der Waals surface area contributed by atoms with Crippen molar-refractivity contribution in [3.05, 3.63) is 59.3 Å². The highest BCUT2D eigenvalue weighted by Gasteiger charge is 2.07. The highest BCUT2D eigenvalue weighted by molar-refractivity contribution is 5.71. The molecule has 4 heteroatoms. The number of nitrogens with zero attached hydrogens (tertiary/aromatic N) is 2. The number of aromatic amines is 1.